The van der Waals surface area contributed by atoms with Gasteiger partial charge in [-0.3, -0.25) is 0 Å². The normalized spacial score (nSPS) is 11.4. The Kier molecular flexibility index (Phi) is 5.98. The smallest absolute Gasteiger partial charge is 0.335 e. The molecule has 1 rings (SSSR count). The fourth-order valence-corrected chi connectivity index (χ4v) is 2.92. The highest BCUT2D eigenvalue weighted by atomic mass is 32.2. The van der Waals surface area contributed by atoms with Crippen molar-refractivity contribution >= 4 is 15.8 Å². The van der Waals surface area contributed by atoms with Crippen molar-refractivity contribution in [3.63, 3.8) is 0 Å². The monoisotopic (exact) mass is 285 g/mol. The zero-order valence-electron chi connectivity index (χ0n) is 10.9. The number of sulfone groups is 1. The van der Waals surface area contributed by atoms with Crippen molar-refractivity contribution in [2.24, 2.45) is 0 Å². The molecule has 0 heterocycles. The second-order valence-corrected chi connectivity index (χ2v) is 6.36. The van der Waals surface area contributed by atoms with Crippen molar-refractivity contribution in [2.75, 3.05) is 18.8 Å². The highest BCUT2D eigenvalue weighted by Crippen LogP contribution is 2.13. The maximum absolute atomic E-state index is 12.0. The van der Waals surface area contributed by atoms with E-state index in [-0.39, 0.29) is 16.2 Å². The fraction of sp³-hybridized carbons (Fsp3) is 0.462. The molecule has 2 N–H and O–H groups in total. The van der Waals surface area contributed by atoms with E-state index in [0.717, 1.165) is 13.0 Å². The van der Waals surface area contributed by atoms with Crippen LogP contribution in [0.5, 0.6) is 0 Å². The minimum absolute atomic E-state index is 0.0656. The molecule has 106 valence electrons. The molecule has 0 radical (unpaired) electrons. The number of carbonyl (C=O) groups is 1. The molecule has 0 unspecified atom stereocenters. The van der Waals surface area contributed by atoms with Crippen LogP contribution in [0, 0.1) is 0 Å². The van der Waals surface area contributed by atoms with Gasteiger partial charge in [0.15, 0.2) is 9.84 Å². The van der Waals surface area contributed by atoms with E-state index in [2.05, 4.69) is 5.32 Å². The molecule has 0 saturated heterocycles. The van der Waals surface area contributed by atoms with E-state index in [1.807, 2.05) is 6.92 Å². The van der Waals surface area contributed by atoms with Gasteiger partial charge in [0.1, 0.15) is 0 Å². The van der Waals surface area contributed by atoms with E-state index in [4.69, 9.17) is 5.11 Å². The van der Waals surface area contributed by atoms with E-state index in [9.17, 15) is 13.2 Å². The van der Waals surface area contributed by atoms with Crippen molar-refractivity contribution in [2.45, 2.75) is 24.7 Å². The molecule has 1 aromatic carbocycles. The summed E-state index contributed by atoms with van der Waals surface area (Å²) in [5.74, 6) is -0.997. The van der Waals surface area contributed by atoms with Crippen LogP contribution >= 0.6 is 0 Å². The van der Waals surface area contributed by atoms with Gasteiger partial charge in [-0.2, -0.15) is 0 Å². The molecule has 0 fully saturated rings. The van der Waals surface area contributed by atoms with Gasteiger partial charge in [-0.1, -0.05) is 6.92 Å². The fourth-order valence-electron chi connectivity index (χ4n) is 1.61. The summed E-state index contributed by atoms with van der Waals surface area (Å²) in [5.41, 5.74) is 0.0866. The lowest BCUT2D eigenvalue weighted by molar-refractivity contribution is 0.0697. The second-order valence-electron chi connectivity index (χ2n) is 4.25. The molecular weight excluding hydrogens is 266 g/mol. The first-order valence-corrected chi connectivity index (χ1v) is 7.89. The van der Waals surface area contributed by atoms with E-state index in [1.54, 1.807) is 0 Å². The highest BCUT2D eigenvalue weighted by molar-refractivity contribution is 7.91. The molecule has 1 aromatic rings. The van der Waals surface area contributed by atoms with Crippen LogP contribution in [0.15, 0.2) is 29.2 Å². The van der Waals surface area contributed by atoms with Crippen molar-refractivity contribution in [1.82, 2.24) is 5.32 Å². The van der Waals surface area contributed by atoms with E-state index in [0.29, 0.717) is 13.0 Å². The molecule has 0 saturated carbocycles. The average molecular weight is 285 g/mol. The topological polar surface area (TPSA) is 83.5 Å². The molecular formula is C13H19NO4S. The van der Waals surface area contributed by atoms with Crippen LogP contribution in [-0.4, -0.2) is 38.3 Å². The summed E-state index contributed by atoms with van der Waals surface area (Å²) in [6.45, 7) is 3.60. The Balaban J connectivity index is 2.59. The lowest BCUT2D eigenvalue weighted by Crippen LogP contribution is -2.19. The quantitative estimate of drug-likeness (QED) is 0.708. The standard InChI is InChI=1S/C13H19NO4S/c1-2-8-14-9-3-10-19(17,18)12-6-4-11(5-7-12)13(15)16/h4-7,14H,2-3,8-10H2,1H3,(H,15,16). The molecule has 0 spiro atoms. The van der Waals surface area contributed by atoms with Gasteiger partial charge in [-0.15, -0.1) is 0 Å². The van der Waals surface area contributed by atoms with Crippen molar-refractivity contribution < 1.29 is 18.3 Å². The molecule has 0 aliphatic carbocycles. The maximum Gasteiger partial charge on any atom is 0.335 e. The molecule has 6 heteroatoms. The van der Waals surface area contributed by atoms with Crippen LogP contribution in [0.4, 0.5) is 0 Å². The van der Waals surface area contributed by atoms with E-state index >= 15 is 0 Å². The van der Waals surface area contributed by atoms with Crippen molar-refractivity contribution in [3.05, 3.63) is 29.8 Å². The molecule has 0 bridgehead atoms. The van der Waals surface area contributed by atoms with Gasteiger partial charge in [-0.25, -0.2) is 13.2 Å². The Morgan fingerprint density at radius 3 is 2.37 bits per heavy atom. The Morgan fingerprint density at radius 1 is 1.21 bits per heavy atom. The first-order valence-electron chi connectivity index (χ1n) is 6.24. The summed E-state index contributed by atoms with van der Waals surface area (Å²) in [5, 5.41) is 11.9. The minimum Gasteiger partial charge on any atom is -0.478 e. The summed E-state index contributed by atoms with van der Waals surface area (Å²) in [6, 6.07) is 5.31. The van der Waals surface area contributed by atoms with Crippen molar-refractivity contribution in [3.8, 4) is 0 Å². The van der Waals surface area contributed by atoms with Gasteiger partial charge < -0.3 is 10.4 Å². The van der Waals surface area contributed by atoms with Gasteiger partial charge >= 0.3 is 5.97 Å². The Labute approximate surface area is 113 Å². The number of nitrogens with one attached hydrogen (secondary N) is 1. The predicted molar refractivity (Wildman–Crippen MR) is 73.2 cm³/mol. The first-order chi connectivity index (χ1) is 8.97. The third-order valence-corrected chi connectivity index (χ3v) is 4.47. The van der Waals surface area contributed by atoms with Crippen LogP contribution in [0.3, 0.4) is 0 Å². The lowest BCUT2D eigenvalue weighted by Gasteiger charge is -2.05. The van der Waals surface area contributed by atoms with E-state index in [1.165, 1.54) is 24.3 Å². The van der Waals surface area contributed by atoms with Crippen LogP contribution < -0.4 is 5.32 Å². The zero-order valence-corrected chi connectivity index (χ0v) is 11.7. The van der Waals surface area contributed by atoms with Gasteiger partial charge in [-0.05, 0) is 50.2 Å². The molecule has 0 aliphatic rings. The summed E-state index contributed by atoms with van der Waals surface area (Å²) < 4.78 is 23.9. The number of hydrogen-bond donors (Lipinski definition) is 2. The zero-order chi connectivity index (χ0) is 14.3. The summed E-state index contributed by atoms with van der Waals surface area (Å²) in [4.78, 5) is 10.9. The van der Waals surface area contributed by atoms with Crippen LogP contribution in [-0.2, 0) is 9.84 Å². The van der Waals surface area contributed by atoms with Crippen LogP contribution in [0.25, 0.3) is 0 Å². The largest absolute Gasteiger partial charge is 0.478 e. The molecule has 5 nitrogen and oxygen atoms in total. The van der Waals surface area contributed by atoms with Gasteiger partial charge in [0, 0.05) is 0 Å². The summed E-state index contributed by atoms with van der Waals surface area (Å²) in [6.07, 6.45) is 1.56. The Hall–Kier alpha value is -1.40. The molecule has 0 aliphatic heterocycles. The molecule has 0 amide bonds. The maximum atomic E-state index is 12.0. The summed E-state index contributed by atoms with van der Waals surface area (Å²) >= 11 is 0. The van der Waals surface area contributed by atoms with Crippen molar-refractivity contribution in [1.29, 1.82) is 0 Å². The second kappa shape index (κ2) is 7.25. The summed E-state index contributed by atoms with van der Waals surface area (Å²) in [7, 11) is -3.32. The molecule has 0 aromatic heterocycles. The Morgan fingerprint density at radius 2 is 1.84 bits per heavy atom. The number of carboxylic acid groups (broad SMARTS) is 1. The third-order valence-electron chi connectivity index (χ3n) is 2.65. The number of hydrogen-bond acceptors (Lipinski definition) is 4. The minimum atomic E-state index is -3.32. The van der Waals surface area contributed by atoms with Crippen LogP contribution in [0.2, 0.25) is 0 Å². The predicted octanol–water partition coefficient (Wildman–Crippen LogP) is 1.55. The van der Waals surface area contributed by atoms with Gasteiger partial charge in [0.2, 0.25) is 0 Å². The average Bonchev–Trinajstić information content (AvgIpc) is 2.38. The number of aromatic carboxylic acids is 1. The first kappa shape index (κ1) is 15.7. The third kappa shape index (κ3) is 5.00. The number of rotatable bonds is 8. The lowest BCUT2D eigenvalue weighted by atomic mass is 10.2. The van der Waals surface area contributed by atoms with Gasteiger partial charge in [0.25, 0.3) is 0 Å². The van der Waals surface area contributed by atoms with Crippen LogP contribution in [0.1, 0.15) is 30.1 Å². The molecule has 0 atom stereocenters. The number of carboxylic acids is 1. The number of benzene rings is 1. The Bertz CT molecular complexity index is 508. The van der Waals surface area contributed by atoms with E-state index < -0.39 is 15.8 Å². The SMILES string of the molecule is CCCNCCCS(=O)(=O)c1ccc(C(=O)O)cc1. The molecule has 19 heavy (non-hydrogen) atoms. The van der Waals surface area contributed by atoms with Gasteiger partial charge in [0.05, 0.1) is 16.2 Å². The highest BCUT2D eigenvalue weighted by Gasteiger charge is 2.14.